The number of methoxy groups -OCH3 is 1. The van der Waals surface area contributed by atoms with Crippen molar-refractivity contribution in [1.82, 2.24) is 5.32 Å². The molecule has 0 saturated carbocycles. The fourth-order valence-electron chi connectivity index (χ4n) is 3.48. The number of anilines is 1. The smallest absolute Gasteiger partial charge is 0.336 e. The van der Waals surface area contributed by atoms with Crippen LogP contribution in [0.15, 0.2) is 74.9 Å². The van der Waals surface area contributed by atoms with Crippen molar-refractivity contribution in [3.8, 4) is 6.07 Å². The summed E-state index contributed by atoms with van der Waals surface area (Å²) in [6.07, 6.45) is 0. The molecule has 0 radical (unpaired) electrons. The number of benzene rings is 2. The molecular weight excluding hydrogens is 554 g/mol. The molecule has 1 amide bonds. The Labute approximate surface area is 221 Å². The predicted octanol–water partition coefficient (Wildman–Crippen LogP) is 5.36. The monoisotopic (exact) mass is 575 g/mol. The number of hydrogen-bond acceptors (Lipinski definition) is 7. The lowest BCUT2D eigenvalue weighted by Gasteiger charge is -2.29. The van der Waals surface area contributed by atoms with Crippen LogP contribution in [0.4, 0.5) is 5.69 Å². The largest absolute Gasteiger partial charge is 0.460 e. The molecular formula is C25H23BrClN3O4S. The van der Waals surface area contributed by atoms with Gasteiger partial charge in [-0.05, 0) is 42.8 Å². The van der Waals surface area contributed by atoms with Gasteiger partial charge in [-0.15, -0.1) is 0 Å². The van der Waals surface area contributed by atoms with Gasteiger partial charge >= 0.3 is 5.97 Å². The Kier molecular flexibility index (Phi) is 9.81. The van der Waals surface area contributed by atoms with Crippen LogP contribution < -0.4 is 10.6 Å². The van der Waals surface area contributed by atoms with Gasteiger partial charge in [0.1, 0.15) is 6.61 Å². The third-order valence-electron chi connectivity index (χ3n) is 5.08. The van der Waals surface area contributed by atoms with Crippen molar-refractivity contribution in [2.75, 3.05) is 31.4 Å². The number of hydrogen-bond donors (Lipinski definition) is 2. The fourth-order valence-corrected chi connectivity index (χ4v) is 4.88. The lowest BCUT2D eigenvalue weighted by atomic mass is 9.82. The molecule has 7 nitrogen and oxygen atoms in total. The van der Waals surface area contributed by atoms with E-state index in [1.165, 1.54) is 18.9 Å². The lowest BCUT2D eigenvalue weighted by Crippen LogP contribution is -2.30. The Morgan fingerprint density at radius 1 is 1.20 bits per heavy atom. The normalized spacial score (nSPS) is 15.3. The number of allylic oxidation sites excluding steroid dienone is 2. The summed E-state index contributed by atoms with van der Waals surface area (Å²) in [6.45, 7) is 2.05. The zero-order valence-corrected chi connectivity index (χ0v) is 22.2. The van der Waals surface area contributed by atoms with E-state index in [2.05, 4.69) is 32.6 Å². The first-order chi connectivity index (χ1) is 16.8. The van der Waals surface area contributed by atoms with E-state index in [1.807, 2.05) is 12.1 Å². The molecule has 0 aromatic heterocycles. The maximum Gasteiger partial charge on any atom is 0.336 e. The highest BCUT2D eigenvalue weighted by Gasteiger charge is 2.36. The molecule has 2 aromatic carbocycles. The van der Waals surface area contributed by atoms with Crippen LogP contribution in [0.5, 0.6) is 0 Å². The van der Waals surface area contributed by atoms with Crippen LogP contribution in [0.25, 0.3) is 0 Å². The van der Waals surface area contributed by atoms with Crippen molar-refractivity contribution in [3.05, 3.63) is 85.5 Å². The highest BCUT2D eigenvalue weighted by molar-refractivity contribution is 9.10. The zero-order chi connectivity index (χ0) is 25.4. The Morgan fingerprint density at radius 2 is 1.91 bits per heavy atom. The molecule has 0 saturated heterocycles. The predicted molar refractivity (Wildman–Crippen MR) is 141 cm³/mol. The van der Waals surface area contributed by atoms with E-state index in [4.69, 9.17) is 21.1 Å². The number of nitrogens with zero attached hydrogens (tertiary/aromatic N) is 1. The van der Waals surface area contributed by atoms with Crippen molar-refractivity contribution in [2.45, 2.75) is 12.8 Å². The molecule has 0 aliphatic carbocycles. The molecule has 10 heteroatoms. The SMILES string of the molecule is COCCOC(=O)C1=C(C)NC(SCC(=O)Nc2ccc(Br)cc2)=C(C#N)[C@H]1c1ccccc1Cl. The molecule has 2 N–H and O–H groups in total. The van der Waals surface area contributed by atoms with Crippen LogP contribution in [-0.4, -0.2) is 38.0 Å². The van der Waals surface area contributed by atoms with Crippen LogP contribution in [-0.2, 0) is 19.1 Å². The Morgan fingerprint density at radius 3 is 2.57 bits per heavy atom. The second kappa shape index (κ2) is 12.8. The average molecular weight is 577 g/mol. The number of amides is 1. The zero-order valence-electron chi connectivity index (χ0n) is 19.1. The van der Waals surface area contributed by atoms with Gasteiger partial charge in [0.15, 0.2) is 0 Å². The van der Waals surface area contributed by atoms with Crippen LogP contribution >= 0.6 is 39.3 Å². The van der Waals surface area contributed by atoms with Crippen LogP contribution in [0.3, 0.4) is 0 Å². The third-order valence-corrected chi connectivity index (χ3v) is 6.97. The quantitative estimate of drug-likeness (QED) is 0.306. The molecule has 1 atom stereocenters. The van der Waals surface area contributed by atoms with Gasteiger partial charge in [-0.1, -0.05) is 57.5 Å². The maximum absolute atomic E-state index is 13.0. The first kappa shape index (κ1) is 26.8. The van der Waals surface area contributed by atoms with Gasteiger partial charge in [0.25, 0.3) is 0 Å². The van der Waals surface area contributed by atoms with Crippen molar-refractivity contribution >= 4 is 56.9 Å². The number of rotatable bonds is 9. The number of thioether (sulfide) groups is 1. The maximum atomic E-state index is 13.0. The fraction of sp³-hybridized carbons (Fsp3) is 0.240. The molecule has 1 aliphatic heterocycles. The molecule has 1 heterocycles. The first-order valence-electron chi connectivity index (χ1n) is 10.6. The van der Waals surface area contributed by atoms with Gasteiger partial charge in [0.05, 0.1) is 40.5 Å². The molecule has 35 heavy (non-hydrogen) atoms. The van der Waals surface area contributed by atoms with Crippen LogP contribution in [0.1, 0.15) is 18.4 Å². The van der Waals surface area contributed by atoms with Crippen molar-refractivity contribution < 1.29 is 19.1 Å². The molecule has 1 aliphatic rings. The highest BCUT2D eigenvalue weighted by atomic mass is 79.9. The van der Waals surface area contributed by atoms with E-state index in [0.29, 0.717) is 27.0 Å². The topological polar surface area (TPSA) is 100 Å². The number of nitrogens with one attached hydrogen (secondary N) is 2. The molecule has 2 aromatic rings. The molecule has 0 spiro atoms. The van der Waals surface area contributed by atoms with Crippen molar-refractivity contribution in [1.29, 1.82) is 5.26 Å². The van der Waals surface area contributed by atoms with Crippen molar-refractivity contribution in [3.63, 3.8) is 0 Å². The van der Waals surface area contributed by atoms with Crippen LogP contribution in [0.2, 0.25) is 5.02 Å². The van der Waals surface area contributed by atoms with Gasteiger partial charge in [-0.2, -0.15) is 5.26 Å². The van der Waals surface area contributed by atoms with Gasteiger partial charge in [-0.3, -0.25) is 4.79 Å². The summed E-state index contributed by atoms with van der Waals surface area (Å²) in [7, 11) is 1.51. The summed E-state index contributed by atoms with van der Waals surface area (Å²) in [5.74, 6) is -1.49. The summed E-state index contributed by atoms with van der Waals surface area (Å²) in [4.78, 5) is 25.6. The third kappa shape index (κ3) is 6.89. The van der Waals surface area contributed by atoms with E-state index < -0.39 is 11.9 Å². The number of dihydropyridines is 1. The second-order valence-corrected chi connectivity index (χ2v) is 9.75. The van der Waals surface area contributed by atoms with E-state index in [1.54, 1.807) is 43.3 Å². The lowest BCUT2D eigenvalue weighted by molar-refractivity contribution is -0.140. The Hall–Kier alpha value is -2.77. The summed E-state index contributed by atoms with van der Waals surface area (Å²) >= 11 is 11.0. The Balaban J connectivity index is 1.88. The second-order valence-electron chi connectivity index (χ2n) is 7.45. The summed E-state index contributed by atoms with van der Waals surface area (Å²) < 4.78 is 11.2. The van der Waals surface area contributed by atoms with Crippen molar-refractivity contribution in [2.24, 2.45) is 0 Å². The number of carbonyl (C=O) groups excluding carboxylic acids is 2. The molecule has 182 valence electrons. The van der Waals surface area contributed by atoms with E-state index in [0.717, 1.165) is 4.47 Å². The highest BCUT2D eigenvalue weighted by Crippen LogP contribution is 2.43. The standard InChI is InChI=1S/C25H23BrClN3O4S/c1-15-22(25(32)34-12-11-33-2)23(18-5-3-4-6-20(18)27)19(13-28)24(29-15)35-14-21(31)30-17-9-7-16(26)8-10-17/h3-10,23,29H,11-12,14H2,1-2H3,(H,30,31)/t23-/m1/s1. The average Bonchev–Trinajstić information content (AvgIpc) is 2.84. The number of esters is 1. The van der Waals surface area contributed by atoms with Gasteiger partial charge < -0.3 is 20.1 Å². The molecule has 0 bridgehead atoms. The minimum absolute atomic E-state index is 0.0553. The minimum atomic E-state index is -0.748. The van der Waals surface area contributed by atoms with E-state index in [-0.39, 0.29) is 36.0 Å². The number of nitriles is 1. The van der Waals surface area contributed by atoms with Crippen LogP contribution in [0, 0.1) is 11.3 Å². The number of carbonyl (C=O) groups is 2. The summed E-state index contributed by atoms with van der Waals surface area (Å²) in [5, 5.41) is 17.0. The minimum Gasteiger partial charge on any atom is -0.460 e. The van der Waals surface area contributed by atoms with E-state index >= 15 is 0 Å². The molecule has 0 unspecified atom stereocenters. The van der Waals surface area contributed by atoms with Gasteiger partial charge in [0, 0.05) is 28.0 Å². The number of halogens is 2. The molecule has 0 fully saturated rings. The first-order valence-corrected chi connectivity index (χ1v) is 12.7. The summed E-state index contributed by atoms with van der Waals surface area (Å²) in [5.41, 5.74) is 2.35. The Bertz CT molecular complexity index is 1210. The van der Waals surface area contributed by atoms with Gasteiger partial charge in [0.2, 0.25) is 5.91 Å². The van der Waals surface area contributed by atoms with Gasteiger partial charge in [-0.25, -0.2) is 4.79 Å². The number of ether oxygens (including phenoxy) is 2. The summed E-state index contributed by atoms with van der Waals surface area (Å²) in [6, 6.07) is 16.5. The molecule has 3 rings (SSSR count). The van der Waals surface area contributed by atoms with E-state index in [9.17, 15) is 14.9 Å².